The van der Waals surface area contributed by atoms with Crippen molar-refractivity contribution >= 4 is 5.91 Å². The Bertz CT molecular complexity index is 922. The minimum Gasteiger partial charge on any atom is -0.462 e. The van der Waals surface area contributed by atoms with Crippen LogP contribution in [0.5, 0.6) is 5.75 Å². The number of aliphatic hydroxyl groups is 3. The number of aliphatic hydroxyl groups excluding tert-OH is 3. The largest absolute Gasteiger partial charge is 0.462 e. The summed E-state index contributed by atoms with van der Waals surface area (Å²) in [6.07, 6.45) is -10.0. The third-order valence-electron chi connectivity index (χ3n) is 4.88. The molecule has 1 heterocycles. The summed E-state index contributed by atoms with van der Waals surface area (Å²) in [6, 6.07) is 9.75. The van der Waals surface area contributed by atoms with E-state index in [1.807, 2.05) is 0 Å². The van der Waals surface area contributed by atoms with Crippen molar-refractivity contribution in [2.75, 3.05) is 6.61 Å². The van der Waals surface area contributed by atoms with E-state index in [9.17, 15) is 33.3 Å². The minimum atomic E-state index is -4.52. The molecule has 2 aromatic carbocycles. The molecule has 0 aliphatic carbocycles. The quantitative estimate of drug-likeness (QED) is 0.563. The zero-order valence-corrected chi connectivity index (χ0v) is 16.4. The molecule has 2 aromatic rings. The van der Waals surface area contributed by atoms with E-state index < -0.39 is 54.9 Å². The van der Waals surface area contributed by atoms with Gasteiger partial charge >= 0.3 is 6.18 Å². The first-order chi connectivity index (χ1) is 14.6. The van der Waals surface area contributed by atoms with Crippen molar-refractivity contribution in [1.29, 1.82) is 0 Å². The van der Waals surface area contributed by atoms with E-state index in [1.54, 1.807) is 18.2 Å². The molecule has 1 amide bonds. The highest BCUT2D eigenvalue weighted by atomic mass is 19.4. The van der Waals surface area contributed by atoms with Crippen LogP contribution in [0.4, 0.5) is 13.2 Å². The Labute approximate surface area is 176 Å². The fourth-order valence-corrected chi connectivity index (χ4v) is 3.37. The summed E-state index contributed by atoms with van der Waals surface area (Å²) in [5.74, 6) is -0.399. The van der Waals surface area contributed by atoms with Crippen LogP contribution in [0.1, 0.15) is 12.5 Å². The first-order valence-corrected chi connectivity index (χ1v) is 9.44. The number of ether oxygens (including phenoxy) is 2. The summed E-state index contributed by atoms with van der Waals surface area (Å²) >= 11 is 0. The van der Waals surface area contributed by atoms with E-state index >= 15 is 0 Å². The topological polar surface area (TPSA) is 108 Å². The van der Waals surface area contributed by atoms with Crippen LogP contribution in [0.3, 0.4) is 0 Å². The van der Waals surface area contributed by atoms with E-state index in [1.165, 1.54) is 25.1 Å². The average molecular weight is 441 g/mol. The SMILES string of the molecule is CC(=O)NC1C(Oc2ccccc2-c2cccc(C(F)(F)F)c2)OC(CO)C(O)C1O. The Kier molecular flexibility index (Phi) is 6.85. The zero-order valence-electron chi connectivity index (χ0n) is 16.4. The Morgan fingerprint density at radius 1 is 1.13 bits per heavy atom. The number of halogens is 3. The standard InChI is InChI=1S/C21H22F3NO6/c1-11(27)25-17-19(29)18(28)16(10-26)31-20(17)30-15-8-3-2-7-14(15)12-5-4-6-13(9-12)21(22,23)24/h2-9,16-20,26,28-29H,10H2,1H3,(H,25,27). The molecule has 0 saturated carbocycles. The van der Waals surface area contributed by atoms with Gasteiger partial charge in [0.25, 0.3) is 0 Å². The number of nitrogens with one attached hydrogen (secondary N) is 1. The van der Waals surface area contributed by atoms with E-state index in [4.69, 9.17) is 9.47 Å². The maximum atomic E-state index is 13.1. The van der Waals surface area contributed by atoms with Crippen LogP contribution in [0, 0.1) is 0 Å². The molecule has 0 radical (unpaired) electrons. The average Bonchev–Trinajstić information content (AvgIpc) is 2.73. The lowest BCUT2D eigenvalue weighted by atomic mass is 9.96. The molecule has 1 aliphatic rings. The van der Waals surface area contributed by atoms with Crippen molar-refractivity contribution in [3.05, 3.63) is 54.1 Å². The normalized spacial score (nSPS) is 26.4. The van der Waals surface area contributed by atoms with Crippen molar-refractivity contribution in [2.24, 2.45) is 0 Å². The van der Waals surface area contributed by atoms with Gasteiger partial charge in [0.05, 0.1) is 12.2 Å². The number of hydrogen-bond donors (Lipinski definition) is 4. The summed E-state index contributed by atoms with van der Waals surface area (Å²) < 4.78 is 50.7. The summed E-state index contributed by atoms with van der Waals surface area (Å²) in [6.45, 7) is 0.574. The summed E-state index contributed by atoms with van der Waals surface area (Å²) in [4.78, 5) is 11.6. The lowest BCUT2D eigenvalue weighted by Gasteiger charge is -2.42. The third-order valence-corrected chi connectivity index (χ3v) is 4.88. The van der Waals surface area contributed by atoms with Crippen molar-refractivity contribution in [3.63, 3.8) is 0 Å². The van der Waals surface area contributed by atoms with Crippen LogP contribution in [0.15, 0.2) is 48.5 Å². The molecule has 10 heteroatoms. The molecular weight excluding hydrogens is 419 g/mol. The number of alkyl halides is 3. The zero-order chi connectivity index (χ0) is 22.8. The second-order valence-electron chi connectivity index (χ2n) is 7.13. The molecule has 5 atom stereocenters. The highest BCUT2D eigenvalue weighted by molar-refractivity contribution is 5.73. The molecule has 1 fully saturated rings. The first kappa shape index (κ1) is 23.0. The van der Waals surface area contributed by atoms with E-state index in [0.717, 1.165) is 12.1 Å². The maximum absolute atomic E-state index is 13.1. The Hall–Kier alpha value is -2.66. The third kappa shape index (κ3) is 5.16. The fraction of sp³-hybridized carbons (Fsp3) is 0.381. The molecule has 0 bridgehead atoms. The van der Waals surface area contributed by atoms with Gasteiger partial charge in [0, 0.05) is 12.5 Å². The first-order valence-electron chi connectivity index (χ1n) is 9.44. The monoisotopic (exact) mass is 441 g/mol. The van der Waals surface area contributed by atoms with E-state index in [0.29, 0.717) is 5.56 Å². The lowest BCUT2D eigenvalue weighted by molar-refractivity contribution is -0.244. The highest BCUT2D eigenvalue weighted by Gasteiger charge is 2.46. The predicted molar refractivity (Wildman–Crippen MR) is 103 cm³/mol. The van der Waals surface area contributed by atoms with E-state index in [2.05, 4.69) is 5.32 Å². The Morgan fingerprint density at radius 3 is 2.48 bits per heavy atom. The van der Waals surface area contributed by atoms with Crippen molar-refractivity contribution in [2.45, 2.75) is 43.7 Å². The maximum Gasteiger partial charge on any atom is 0.416 e. The smallest absolute Gasteiger partial charge is 0.416 e. The Morgan fingerprint density at radius 2 is 1.84 bits per heavy atom. The summed E-state index contributed by atoms with van der Waals surface area (Å²) in [5, 5.41) is 32.3. The second kappa shape index (κ2) is 9.23. The Balaban J connectivity index is 1.96. The van der Waals surface area contributed by atoms with Gasteiger partial charge in [-0.25, -0.2) is 0 Å². The molecule has 0 spiro atoms. The number of rotatable bonds is 5. The number of carbonyl (C=O) groups is 1. The number of benzene rings is 2. The summed E-state index contributed by atoms with van der Waals surface area (Å²) in [7, 11) is 0. The molecule has 1 saturated heterocycles. The van der Waals surface area contributed by atoms with Crippen LogP contribution in [-0.4, -0.2) is 58.5 Å². The molecular formula is C21H22F3NO6. The van der Waals surface area contributed by atoms with Crippen LogP contribution < -0.4 is 10.1 Å². The number of para-hydroxylation sites is 1. The van der Waals surface area contributed by atoms with Gasteiger partial charge in [0.2, 0.25) is 12.2 Å². The van der Waals surface area contributed by atoms with E-state index in [-0.39, 0.29) is 11.3 Å². The molecule has 1 aliphatic heterocycles. The van der Waals surface area contributed by atoms with Gasteiger partial charge in [0.15, 0.2) is 0 Å². The van der Waals surface area contributed by atoms with Gasteiger partial charge < -0.3 is 30.1 Å². The second-order valence-corrected chi connectivity index (χ2v) is 7.13. The van der Waals surface area contributed by atoms with Crippen molar-refractivity contribution < 1.29 is 42.8 Å². The highest BCUT2D eigenvalue weighted by Crippen LogP contribution is 2.36. The molecule has 4 N–H and O–H groups in total. The predicted octanol–water partition coefficient (Wildman–Crippen LogP) is 1.69. The van der Waals surface area contributed by atoms with Crippen LogP contribution in [-0.2, 0) is 15.7 Å². The van der Waals surface area contributed by atoms with Gasteiger partial charge in [-0.05, 0) is 23.8 Å². The van der Waals surface area contributed by atoms with Gasteiger partial charge in [0.1, 0.15) is 30.1 Å². The summed E-state index contributed by atoms with van der Waals surface area (Å²) in [5.41, 5.74) is -0.278. The van der Waals surface area contributed by atoms with Gasteiger partial charge in [-0.2, -0.15) is 13.2 Å². The van der Waals surface area contributed by atoms with Crippen molar-refractivity contribution in [3.8, 4) is 16.9 Å². The van der Waals surface area contributed by atoms with Crippen LogP contribution in [0.2, 0.25) is 0 Å². The van der Waals surface area contributed by atoms with Gasteiger partial charge in [-0.15, -0.1) is 0 Å². The van der Waals surface area contributed by atoms with Crippen LogP contribution in [0.25, 0.3) is 11.1 Å². The lowest BCUT2D eigenvalue weighted by Crippen LogP contribution is -2.65. The number of hydrogen-bond acceptors (Lipinski definition) is 6. The molecule has 0 aromatic heterocycles. The van der Waals surface area contributed by atoms with Crippen LogP contribution >= 0.6 is 0 Å². The fourth-order valence-electron chi connectivity index (χ4n) is 3.37. The molecule has 5 unspecified atom stereocenters. The molecule has 7 nitrogen and oxygen atoms in total. The van der Waals surface area contributed by atoms with Gasteiger partial charge in [-0.3, -0.25) is 4.79 Å². The number of amides is 1. The minimum absolute atomic E-state index is 0.127. The molecule has 168 valence electrons. The van der Waals surface area contributed by atoms with Crippen molar-refractivity contribution in [1.82, 2.24) is 5.32 Å². The van der Waals surface area contributed by atoms with Gasteiger partial charge in [-0.1, -0.05) is 30.3 Å². The number of carbonyl (C=O) groups excluding carboxylic acids is 1. The molecule has 3 rings (SSSR count). The molecule has 31 heavy (non-hydrogen) atoms.